The van der Waals surface area contributed by atoms with E-state index >= 15 is 0 Å². The molecule has 6 heteroatoms. The monoisotopic (exact) mass is 232 g/mol. The van der Waals surface area contributed by atoms with Crippen LogP contribution in [0.1, 0.15) is 6.92 Å². The van der Waals surface area contributed by atoms with Crippen LogP contribution < -0.4 is 10.2 Å². The molecule has 6 nitrogen and oxygen atoms in total. The number of rotatable bonds is 1. The standard InChI is InChI=1S/C11H16N6/c1-8-6-17(4-3-12-8)11-9-5-15-16(2)10(9)13-7-14-11/h5,7-8,12H,3-4,6H2,1-2H3. The Labute approximate surface area is 99.7 Å². The minimum atomic E-state index is 0.491. The Bertz CT molecular complexity index is 534. The van der Waals surface area contributed by atoms with Gasteiger partial charge < -0.3 is 10.2 Å². The van der Waals surface area contributed by atoms with Crippen molar-refractivity contribution in [2.45, 2.75) is 13.0 Å². The van der Waals surface area contributed by atoms with Gasteiger partial charge in [0.05, 0.1) is 11.6 Å². The highest BCUT2D eigenvalue weighted by molar-refractivity contribution is 5.86. The Balaban J connectivity index is 2.04. The highest BCUT2D eigenvalue weighted by Crippen LogP contribution is 2.22. The summed E-state index contributed by atoms with van der Waals surface area (Å²) < 4.78 is 1.78. The van der Waals surface area contributed by atoms with Crippen LogP contribution in [0.2, 0.25) is 0 Å². The first-order valence-corrected chi connectivity index (χ1v) is 5.87. The predicted octanol–water partition coefficient (Wildman–Crippen LogP) is 0.161. The van der Waals surface area contributed by atoms with Crippen LogP contribution in [-0.4, -0.2) is 45.4 Å². The molecule has 17 heavy (non-hydrogen) atoms. The normalized spacial score (nSPS) is 21.1. The third-order valence-corrected chi connectivity index (χ3v) is 3.18. The lowest BCUT2D eigenvalue weighted by molar-refractivity contribution is 0.483. The van der Waals surface area contributed by atoms with Gasteiger partial charge in [-0.3, -0.25) is 4.68 Å². The van der Waals surface area contributed by atoms with Gasteiger partial charge in [-0.15, -0.1) is 0 Å². The van der Waals surface area contributed by atoms with Crippen molar-refractivity contribution >= 4 is 16.9 Å². The minimum absolute atomic E-state index is 0.491. The third kappa shape index (κ3) is 1.74. The number of hydrogen-bond acceptors (Lipinski definition) is 5. The second kappa shape index (κ2) is 3.96. The fourth-order valence-corrected chi connectivity index (χ4v) is 2.33. The molecule has 90 valence electrons. The molecule has 1 N–H and O–H groups in total. The molecule has 0 spiro atoms. The molecule has 0 aliphatic carbocycles. The highest BCUT2D eigenvalue weighted by Gasteiger charge is 2.19. The molecule has 2 aromatic rings. The summed E-state index contributed by atoms with van der Waals surface area (Å²) in [5, 5.41) is 8.70. The number of nitrogens with one attached hydrogen (secondary N) is 1. The topological polar surface area (TPSA) is 58.9 Å². The van der Waals surface area contributed by atoms with Crippen LogP contribution in [0.25, 0.3) is 11.0 Å². The Morgan fingerprint density at radius 1 is 1.41 bits per heavy atom. The number of nitrogens with zero attached hydrogens (tertiary/aromatic N) is 5. The first kappa shape index (κ1) is 10.5. The summed E-state index contributed by atoms with van der Waals surface area (Å²) >= 11 is 0. The molecule has 1 fully saturated rings. The van der Waals surface area contributed by atoms with Crippen LogP contribution in [0, 0.1) is 0 Å². The number of fused-ring (bicyclic) bond motifs is 1. The van der Waals surface area contributed by atoms with E-state index in [1.54, 1.807) is 11.0 Å². The SMILES string of the molecule is CC1CN(c2ncnc3c2cnn3C)CCN1. The number of anilines is 1. The van der Waals surface area contributed by atoms with Crippen molar-refractivity contribution in [1.29, 1.82) is 0 Å². The number of hydrogen-bond donors (Lipinski definition) is 1. The van der Waals surface area contributed by atoms with Gasteiger partial charge in [0.15, 0.2) is 5.65 Å². The zero-order valence-corrected chi connectivity index (χ0v) is 10.1. The molecule has 0 aromatic carbocycles. The Kier molecular flexibility index (Phi) is 2.44. The lowest BCUT2D eigenvalue weighted by Crippen LogP contribution is -2.49. The number of piperazine rings is 1. The van der Waals surface area contributed by atoms with Crippen LogP contribution in [0.3, 0.4) is 0 Å². The average molecular weight is 232 g/mol. The van der Waals surface area contributed by atoms with E-state index < -0.39 is 0 Å². The van der Waals surface area contributed by atoms with Crippen LogP contribution >= 0.6 is 0 Å². The van der Waals surface area contributed by atoms with Crippen LogP contribution in [0.5, 0.6) is 0 Å². The van der Waals surface area contributed by atoms with Gasteiger partial charge in [0.1, 0.15) is 12.1 Å². The summed E-state index contributed by atoms with van der Waals surface area (Å²) in [5.41, 5.74) is 0.890. The largest absolute Gasteiger partial charge is 0.353 e. The minimum Gasteiger partial charge on any atom is -0.353 e. The van der Waals surface area contributed by atoms with Gasteiger partial charge in [0.25, 0.3) is 0 Å². The molecular weight excluding hydrogens is 216 g/mol. The molecule has 3 rings (SSSR count). The molecule has 0 bridgehead atoms. The van der Waals surface area contributed by atoms with Gasteiger partial charge >= 0.3 is 0 Å². The average Bonchev–Trinajstić information content (AvgIpc) is 2.71. The third-order valence-electron chi connectivity index (χ3n) is 3.18. The summed E-state index contributed by atoms with van der Waals surface area (Å²) in [7, 11) is 1.90. The van der Waals surface area contributed by atoms with Crippen molar-refractivity contribution in [2.75, 3.05) is 24.5 Å². The zero-order chi connectivity index (χ0) is 11.8. The number of aryl methyl sites for hydroxylation is 1. The highest BCUT2D eigenvalue weighted by atomic mass is 15.3. The van der Waals surface area contributed by atoms with Crippen molar-refractivity contribution in [2.24, 2.45) is 7.05 Å². The summed E-state index contributed by atoms with van der Waals surface area (Å²) in [6.45, 7) is 5.13. The Morgan fingerprint density at radius 3 is 3.12 bits per heavy atom. The van der Waals surface area contributed by atoms with E-state index in [1.807, 2.05) is 13.2 Å². The fourth-order valence-electron chi connectivity index (χ4n) is 2.33. The quantitative estimate of drug-likeness (QED) is 0.759. The molecule has 1 aliphatic rings. The lowest BCUT2D eigenvalue weighted by Gasteiger charge is -2.32. The van der Waals surface area contributed by atoms with Gasteiger partial charge in [-0.2, -0.15) is 5.10 Å². The van der Waals surface area contributed by atoms with Crippen molar-refractivity contribution in [3.63, 3.8) is 0 Å². The first-order chi connectivity index (χ1) is 8.25. The van der Waals surface area contributed by atoms with E-state index in [0.717, 1.165) is 36.5 Å². The fraction of sp³-hybridized carbons (Fsp3) is 0.545. The molecule has 2 aromatic heterocycles. The van der Waals surface area contributed by atoms with Gasteiger partial charge in [-0.25, -0.2) is 9.97 Å². The maximum absolute atomic E-state index is 4.41. The second-order valence-corrected chi connectivity index (χ2v) is 4.50. The molecule has 3 heterocycles. The van der Waals surface area contributed by atoms with Crippen molar-refractivity contribution in [3.05, 3.63) is 12.5 Å². The molecule has 0 saturated carbocycles. The van der Waals surface area contributed by atoms with Crippen molar-refractivity contribution in [1.82, 2.24) is 25.1 Å². The molecular formula is C11H16N6. The van der Waals surface area contributed by atoms with Crippen LogP contribution in [0.4, 0.5) is 5.82 Å². The summed E-state index contributed by atoms with van der Waals surface area (Å²) in [4.78, 5) is 11.0. The van der Waals surface area contributed by atoms with Gasteiger partial charge in [0, 0.05) is 32.7 Å². The van der Waals surface area contributed by atoms with Gasteiger partial charge in [-0.1, -0.05) is 0 Å². The maximum Gasteiger partial charge on any atom is 0.163 e. The zero-order valence-electron chi connectivity index (χ0n) is 10.1. The smallest absolute Gasteiger partial charge is 0.163 e. The Hall–Kier alpha value is -1.69. The van der Waals surface area contributed by atoms with E-state index in [2.05, 4.69) is 32.2 Å². The maximum atomic E-state index is 4.41. The van der Waals surface area contributed by atoms with Crippen LogP contribution in [0.15, 0.2) is 12.5 Å². The van der Waals surface area contributed by atoms with Gasteiger partial charge in [0.2, 0.25) is 0 Å². The van der Waals surface area contributed by atoms with Gasteiger partial charge in [-0.05, 0) is 6.92 Å². The predicted molar refractivity (Wildman–Crippen MR) is 66.0 cm³/mol. The first-order valence-electron chi connectivity index (χ1n) is 5.87. The van der Waals surface area contributed by atoms with Crippen molar-refractivity contribution < 1.29 is 0 Å². The van der Waals surface area contributed by atoms with E-state index in [-0.39, 0.29) is 0 Å². The molecule has 1 atom stereocenters. The summed E-state index contributed by atoms with van der Waals surface area (Å²) in [5.74, 6) is 0.997. The van der Waals surface area contributed by atoms with E-state index in [9.17, 15) is 0 Å². The molecule has 1 aliphatic heterocycles. The molecule has 0 radical (unpaired) electrons. The summed E-state index contributed by atoms with van der Waals surface area (Å²) in [6.07, 6.45) is 3.46. The Morgan fingerprint density at radius 2 is 2.29 bits per heavy atom. The van der Waals surface area contributed by atoms with E-state index in [0.29, 0.717) is 6.04 Å². The molecule has 0 amide bonds. The molecule has 1 unspecified atom stereocenters. The molecule has 1 saturated heterocycles. The summed E-state index contributed by atoms with van der Waals surface area (Å²) in [6, 6.07) is 0.491. The van der Waals surface area contributed by atoms with E-state index in [1.165, 1.54) is 0 Å². The van der Waals surface area contributed by atoms with Crippen LogP contribution in [-0.2, 0) is 7.05 Å². The van der Waals surface area contributed by atoms with E-state index in [4.69, 9.17) is 0 Å². The van der Waals surface area contributed by atoms with Crippen molar-refractivity contribution in [3.8, 4) is 0 Å². The lowest BCUT2D eigenvalue weighted by atomic mass is 10.2. The second-order valence-electron chi connectivity index (χ2n) is 4.50. The number of aromatic nitrogens is 4.